The van der Waals surface area contributed by atoms with Crippen molar-refractivity contribution in [2.24, 2.45) is 5.92 Å². The van der Waals surface area contributed by atoms with Gasteiger partial charge in [0.1, 0.15) is 0 Å². The Morgan fingerprint density at radius 1 is 1.19 bits per heavy atom. The third-order valence-electron chi connectivity index (χ3n) is 4.21. The van der Waals surface area contributed by atoms with Gasteiger partial charge in [0, 0.05) is 23.9 Å². The van der Waals surface area contributed by atoms with E-state index in [0.717, 1.165) is 12.2 Å². The topological polar surface area (TPSA) is 46.4 Å². The highest BCUT2D eigenvalue weighted by Gasteiger charge is 2.37. The molecule has 1 heterocycles. The number of nitro benzene ring substituents is 1. The highest BCUT2D eigenvalue weighted by Crippen LogP contribution is 2.42. The minimum atomic E-state index is -0.327. The molecule has 0 spiro atoms. The number of hydrogen-bond donors (Lipinski definition) is 0. The quantitative estimate of drug-likeness (QED) is 0.629. The number of hydrogen-bond acceptors (Lipinski definition) is 3. The largest absolute Gasteiger partial charge is 0.364 e. The maximum Gasteiger partial charge on any atom is 0.272 e. The second-order valence-electron chi connectivity index (χ2n) is 5.71. The molecular formula is C17H18N2O2. The fourth-order valence-corrected chi connectivity index (χ4v) is 3.14. The van der Waals surface area contributed by atoms with Crippen molar-refractivity contribution in [3.63, 3.8) is 0 Å². The van der Waals surface area contributed by atoms with Crippen molar-refractivity contribution in [3.8, 4) is 0 Å². The first kappa shape index (κ1) is 13.6. The van der Waals surface area contributed by atoms with Crippen LogP contribution in [0.4, 0.5) is 11.4 Å². The second kappa shape index (κ2) is 5.20. The first-order chi connectivity index (χ1) is 10.1. The molecule has 21 heavy (non-hydrogen) atoms. The molecule has 0 aromatic heterocycles. The molecule has 0 amide bonds. The lowest BCUT2D eigenvalue weighted by Gasteiger charge is -2.48. The molecule has 4 heteroatoms. The maximum atomic E-state index is 10.9. The first-order valence-corrected chi connectivity index (χ1v) is 7.14. The molecule has 2 atom stereocenters. The highest BCUT2D eigenvalue weighted by atomic mass is 16.6. The van der Waals surface area contributed by atoms with Gasteiger partial charge in [0.2, 0.25) is 0 Å². The van der Waals surface area contributed by atoms with Gasteiger partial charge in [0.25, 0.3) is 5.69 Å². The summed E-state index contributed by atoms with van der Waals surface area (Å²) in [6.45, 7) is 5.02. The van der Waals surface area contributed by atoms with Gasteiger partial charge in [-0.05, 0) is 30.5 Å². The van der Waals surface area contributed by atoms with Gasteiger partial charge in [-0.1, -0.05) is 37.3 Å². The fourth-order valence-electron chi connectivity index (χ4n) is 3.14. The molecule has 1 saturated heterocycles. The van der Waals surface area contributed by atoms with Gasteiger partial charge in [-0.25, -0.2) is 0 Å². The van der Waals surface area contributed by atoms with Gasteiger partial charge in [0.05, 0.1) is 11.0 Å². The minimum absolute atomic E-state index is 0.184. The summed E-state index contributed by atoms with van der Waals surface area (Å²) in [6, 6.07) is 16.2. The number of nitro groups is 1. The first-order valence-electron chi connectivity index (χ1n) is 7.14. The Morgan fingerprint density at radius 2 is 1.90 bits per heavy atom. The maximum absolute atomic E-state index is 10.9. The van der Waals surface area contributed by atoms with Crippen molar-refractivity contribution >= 4 is 11.4 Å². The average molecular weight is 282 g/mol. The lowest BCUT2D eigenvalue weighted by molar-refractivity contribution is -0.385. The van der Waals surface area contributed by atoms with Crippen LogP contribution in [0.3, 0.4) is 0 Å². The van der Waals surface area contributed by atoms with Gasteiger partial charge in [-0.15, -0.1) is 0 Å². The van der Waals surface area contributed by atoms with Crippen molar-refractivity contribution in [1.82, 2.24) is 0 Å². The van der Waals surface area contributed by atoms with E-state index in [9.17, 15) is 10.1 Å². The van der Waals surface area contributed by atoms with E-state index >= 15 is 0 Å². The summed E-state index contributed by atoms with van der Waals surface area (Å²) in [5, 5.41) is 10.9. The van der Waals surface area contributed by atoms with Gasteiger partial charge in [0.15, 0.2) is 0 Å². The molecule has 1 aliphatic heterocycles. The fraction of sp³-hybridized carbons (Fsp3) is 0.294. The summed E-state index contributed by atoms with van der Waals surface area (Å²) >= 11 is 0. The Balaban J connectivity index is 1.91. The summed E-state index contributed by atoms with van der Waals surface area (Å²) < 4.78 is 0. The van der Waals surface area contributed by atoms with Crippen molar-refractivity contribution in [2.45, 2.75) is 19.9 Å². The Morgan fingerprint density at radius 3 is 2.48 bits per heavy atom. The Kier molecular flexibility index (Phi) is 3.37. The van der Waals surface area contributed by atoms with Crippen LogP contribution in [0.5, 0.6) is 0 Å². The zero-order chi connectivity index (χ0) is 15.0. The molecule has 2 aromatic rings. The van der Waals surface area contributed by atoms with Crippen LogP contribution in [0.2, 0.25) is 0 Å². The summed E-state index contributed by atoms with van der Waals surface area (Å²) in [4.78, 5) is 12.9. The number of nitrogens with zero attached hydrogens (tertiary/aromatic N) is 2. The van der Waals surface area contributed by atoms with Gasteiger partial charge in [-0.3, -0.25) is 10.1 Å². The number of rotatable bonds is 3. The smallest absolute Gasteiger partial charge is 0.272 e. The van der Waals surface area contributed by atoms with Crippen LogP contribution < -0.4 is 4.90 Å². The third-order valence-corrected chi connectivity index (χ3v) is 4.21. The van der Waals surface area contributed by atoms with Crippen LogP contribution >= 0.6 is 0 Å². The molecule has 0 N–H and O–H groups in total. The van der Waals surface area contributed by atoms with Crippen molar-refractivity contribution < 1.29 is 4.92 Å². The standard InChI is InChI=1S/C17H18N2O2/c1-12-10-15(8-9-16(12)19(20)21)18-11-13(2)17(18)14-6-4-3-5-7-14/h3-10,13,17H,11H2,1-2H3. The molecule has 108 valence electrons. The molecule has 1 fully saturated rings. The predicted octanol–water partition coefficient (Wildman–Crippen LogP) is 4.10. The van der Waals surface area contributed by atoms with Gasteiger partial charge >= 0.3 is 0 Å². The van der Waals surface area contributed by atoms with Gasteiger partial charge < -0.3 is 4.90 Å². The zero-order valence-electron chi connectivity index (χ0n) is 12.2. The average Bonchev–Trinajstić information content (AvgIpc) is 2.45. The Bertz CT molecular complexity index is 670. The third kappa shape index (κ3) is 2.37. The lowest BCUT2D eigenvalue weighted by atomic mass is 9.84. The van der Waals surface area contributed by atoms with E-state index in [1.54, 1.807) is 13.0 Å². The van der Waals surface area contributed by atoms with Crippen LogP contribution in [0.15, 0.2) is 48.5 Å². The second-order valence-corrected chi connectivity index (χ2v) is 5.71. The van der Waals surface area contributed by atoms with Crippen molar-refractivity contribution in [2.75, 3.05) is 11.4 Å². The Hall–Kier alpha value is -2.36. The molecule has 0 radical (unpaired) electrons. The summed E-state index contributed by atoms with van der Waals surface area (Å²) in [7, 11) is 0. The predicted molar refractivity (Wildman–Crippen MR) is 83.5 cm³/mol. The molecule has 3 rings (SSSR count). The van der Waals surface area contributed by atoms with E-state index in [0.29, 0.717) is 17.5 Å². The summed E-state index contributed by atoms with van der Waals surface area (Å²) in [5.74, 6) is 0.586. The van der Waals surface area contributed by atoms with Crippen LogP contribution in [-0.4, -0.2) is 11.5 Å². The van der Waals surface area contributed by atoms with E-state index in [4.69, 9.17) is 0 Å². The van der Waals surface area contributed by atoms with Crippen molar-refractivity contribution in [3.05, 3.63) is 69.8 Å². The van der Waals surface area contributed by atoms with Crippen LogP contribution in [-0.2, 0) is 0 Å². The number of aryl methyl sites for hydroxylation is 1. The molecule has 0 bridgehead atoms. The summed E-state index contributed by atoms with van der Waals surface area (Å²) in [6.07, 6.45) is 0. The molecule has 1 aliphatic rings. The van der Waals surface area contributed by atoms with E-state index in [2.05, 4.69) is 36.1 Å². The minimum Gasteiger partial charge on any atom is -0.364 e. The van der Waals surface area contributed by atoms with Crippen LogP contribution in [0, 0.1) is 23.0 Å². The molecule has 0 aliphatic carbocycles. The zero-order valence-corrected chi connectivity index (χ0v) is 12.2. The van der Waals surface area contributed by atoms with Crippen LogP contribution in [0.1, 0.15) is 24.1 Å². The number of anilines is 1. The van der Waals surface area contributed by atoms with E-state index < -0.39 is 0 Å². The van der Waals surface area contributed by atoms with Crippen molar-refractivity contribution in [1.29, 1.82) is 0 Å². The number of benzene rings is 2. The molecule has 2 unspecified atom stereocenters. The van der Waals surface area contributed by atoms with Gasteiger partial charge in [-0.2, -0.15) is 0 Å². The van der Waals surface area contributed by atoms with E-state index in [-0.39, 0.29) is 10.6 Å². The molecule has 0 saturated carbocycles. The normalized spacial score (nSPS) is 21.0. The lowest BCUT2D eigenvalue weighted by Crippen LogP contribution is -2.48. The monoisotopic (exact) mass is 282 g/mol. The SMILES string of the molecule is Cc1cc(N2CC(C)C2c2ccccc2)ccc1[N+](=O)[O-]. The van der Waals surface area contributed by atoms with Crippen LogP contribution in [0.25, 0.3) is 0 Å². The molecular weight excluding hydrogens is 264 g/mol. The van der Waals surface area contributed by atoms with E-state index in [1.807, 2.05) is 18.2 Å². The molecule has 4 nitrogen and oxygen atoms in total. The molecule has 2 aromatic carbocycles. The van der Waals surface area contributed by atoms with E-state index in [1.165, 1.54) is 5.56 Å². The summed E-state index contributed by atoms with van der Waals surface area (Å²) in [5.41, 5.74) is 3.25. The highest BCUT2D eigenvalue weighted by molar-refractivity contribution is 5.58. The Labute approximate surface area is 124 Å².